The smallest absolute Gasteiger partial charge is 0.190 e. The molecule has 0 saturated heterocycles. The molecule has 13 heavy (non-hydrogen) atoms. The van der Waals surface area contributed by atoms with Gasteiger partial charge < -0.3 is 10.2 Å². The second kappa shape index (κ2) is 2.97. The summed E-state index contributed by atoms with van der Waals surface area (Å²) >= 11 is 0. The molecule has 4 heteroatoms. The topological polar surface area (TPSA) is 57.0 Å². The van der Waals surface area contributed by atoms with Crippen molar-refractivity contribution in [2.24, 2.45) is 7.05 Å². The first-order chi connectivity index (χ1) is 6.24. The molecule has 0 atom stereocenters. The number of nitrogen functional groups attached to an aromatic ring is 1. The van der Waals surface area contributed by atoms with Gasteiger partial charge in [-0.3, -0.25) is 4.68 Å². The van der Waals surface area contributed by atoms with E-state index in [2.05, 4.69) is 5.10 Å². The number of anilines is 1. The number of nitrogens with zero attached hydrogens (tertiary/aromatic N) is 2. The summed E-state index contributed by atoms with van der Waals surface area (Å²) in [6.45, 7) is 0. The van der Waals surface area contributed by atoms with Gasteiger partial charge >= 0.3 is 0 Å². The van der Waals surface area contributed by atoms with Crippen LogP contribution in [0.25, 0.3) is 0 Å². The van der Waals surface area contributed by atoms with Gasteiger partial charge in [0.15, 0.2) is 5.88 Å². The molecule has 0 aromatic carbocycles. The largest absolute Gasteiger partial charge is 0.446 e. The molecule has 0 aliphatic rings. The number of hydrogen-bond donors (Lipinski definition) is 1. The Hall–Kier alpha value is -1.71. The van der Waals surface area contributed by atoms with Gasteiger partial charge in [-0.1, -0.05) is 0 Å². The van der Waals surface area contributed by atoms with Crippen LogP contribution in [0.1, 0.15) is 11.3 Å². The van der Waals surface area contributed by atoms with Crippen LogP contribution in [0.15, 0.2) is 28.9 Å². The molecule has 0 bridgehead atoms. The maximum absolute atomic E-state index is 5.45. The first-order valence-corrected chi connectivity index (χ1v) is 4.06. The van der Waals surface area contributed by atoms with Crippen LogP contribution in [0, 0.1) is 0 Å². The fourth-order valence-electron chi connectivity index (χ4n) is 1.25. The van der Waals surface area contributed by atoms with Gasteiger partial charge in [-0.15, -0.1) is 0 Å². The van der Waals surface area contributed by atoms with Crippen LogP contribution >= 0.6 is 0 Å². The van der Waals surface area contributed by atoms with Crippen LogP contribution < -0.4 is 5.73 Å². The Bertz CT molecular complexity index is 364. The van der Waals surface area contributed by atoms with E-state index in [0.717, 1.165) is 17.7 Å². The summed E-state index contributed by atoms with van der Waals surface area (Å²) in [6.07, 6.45) is 4.52. The average molecular weight is 177 g/mol. The summed E-state index contributed by atoms with van der Waals surface area (Å²) in [7, 11) is 1.89. The third-order valence-electron chi connectivity index (χ3n) is 1.82. The van der Waals surface area contributed by atoms with Crippen molar-refractivity contribution in [2.75, 3.05) is 5.73 Å². The minimum atomic E-state index is 0.457. The van der Waals surface area contributed by atoms with E-state index in [9.17, 15) is 0 Å². The Labute approximate surface area is 76.0 Å². The zero-order valence-electron chi connectivity index (χ0n) is 7.40. The van der Waals surface area contributed by atoms with Crippen molar-refractivity contribution in [2.45, 2.75) is 6.42 Å². The van der Waals surface area contributed by atoms with Crippen LogP contribution in [0.4, 0.5) is 5.88 Å². The lowest BCUT2D eigenvalue weighted by atomic mass is 10.2. The molecule has 2 N–H and O–H groups in total. The quantitative estimate of drug-likeness (QED) is 0.749. The van der Waals surface area contributed by atoms with Crippen molar-refractivity contribution in [1.29, 1.82) is 0 Å². The lowest BCUT2D eigenvalue weighted by molar-refractivity contribution is 0.539. The first-order valence-electron chi connectivity index (χ1n) is 4.06. The van der Waals surface area contributed by atoms with Crippen LogP contribution in [0.2, 0.25) is 0 Å². The number of aromatic nitrogens is 2. The highest BCUT2D eigenvalue weighted by Crippen LogP contribution is 2.13. The van der Waals surface area contributed by atoms with Crippen molar-refractivity contribution in [3.8, 4) is 0 Å². The number of rotatable bonds is 2. The summed E-state index contributed by atoms with van der Waals surface area (Å²) < 4.78 is 7.00. The Morgan fingerprint density at radius 2 is 2.38 bits per heavy atom. The molecule has 0 radical (unpaired) electrons. The van der Waals surface area contributed by atoms with E-state index in [1.54, 1.807) is 10.7 Å². The molecule has 2 rings (SSSR count). The zero-order valence-corrected chi connectivity index (χ0v) is 7.40. The fraction of sp³-hybridized carbons (Fsp3) is 0.222. The van der Waals surface area contributed by atoms with Gasteiger partial charge in [0.1, 0.15) is 5.76 Å². The molecular formula is C9H11N3O. The molecule has 0 fully saturated rings. The first kappa shape index (κ1) is 7.91. The third kappa shape index (κ3) is 1.72. The SMILES string of the molecule is Cn1cc(Cc2ccc(N)o2)cn1. The van der Waals surface area contributed by atoms with E-state index in [4.69, 9.17) is 10.2 Å². The summed E-state index contributed by atoms with van der Waals surface area (Å²) in [4.78, 5) is 0. The second-order valence-corrected chi connectivity index (χ2v) is 3.00. The van der Waals surface area contributed by atoms with Crippen LogP contribution in [-0.4, -0.2) is 9.78 Å². The molecule has 2 aromatic heterocycles. The number of furan rings is 1. The summed E-state index contributed by atoms with van der Waals surface area (Å²) in [6, 6.07) is 3.63. The molecule has 0 spiro atoms. The second-order valence-electron chi connectivity index (χ2n) is 3.00. The highest BCUT2D eigenvalue weighted by atomic mass is 16.3. The molecule has 0 aliphatic heterocycles. The van der Waals surface area contributed by atoms with Gasteiger partial charge in [-0.05, 0) is 11.6 Å². The minimum Gasteiger partial charge on any atom is -0.446 e. The highest BCUT2D eigenvalue weighted by molar-refractivity contribution is 5.27. The maximum Gasteiger partial charge on any atom is 0.190 e. The normalized spacial score (nSPS) is 10.5. The lowest BCUT2D eigenvalue weighted by Crippen LogP contribution is -1.85. The van der Waals surface area contributed by atoms with E-state index in [0.29, 0.717) is 5.88 Å². The number of aryl methyl sites for hydroxylation is 1. The predicted molar refractivity (Wildman–Crippen MR) is 49.1 cm³/mol. The number of hydrogen-bond acceptors (Lipinski definition) is 3. The Morgan fingerprint density at radius 1 is 1.54 bits per heavy atom. The Kier molecular flexibility index (Phi) is 1.81. The zero-order chi connectivity index (χ0) is 9.26. The molecular weight excluding hydrogens is 166 g/mol. The van der Waals surface area contributed by atoms with Gasteiger partial charge in [0, 0.05) is 25.7 Å². The van der Waals surface area contributed by atoms with E-state index >= 15 is 0 Å². The van der Waals surface area contributed by atoms with E-state index in [1.165, 1.54) is 0 Å². The third-order valence-corrected chi connectivity index (χ3v) is 1.82. The molecule has 0 unspecified atom stereocenters. The van der Waals surface area contributed by atoms with Crippen molar-refractivity contribution in [3.63, 3.8) is 0 Å². The van der Waals surface area contributed by atoms with Crippen LogP contribution in [0.5, 0.6) is 0 Å². The summed E-state index contributed by atoms with van der Waals surface area (Å²) in [5.41, 5.74) is 6.57. The summed E-state index contributed by atoms with van der Waals surface area (Å²) in [5.74, 6) is 1.32. The Morgan fingerprint density at radius 3 is 2.92 bits per heavy atom. The average Bonchev–Trinajstić information content (AvgIpc) is 2.62. The minimum absolute atomic E-state index is 0.457. The molecule has 2 heterocycles. The van der Waals surface area contributed by atoms with E-state index < -0.39 is 0 Å². The van der Waals surface area contributed by atoms with Crippen LogP contribution in [-0.2, 0) is 13.5 Å². The molecule has 2 aromatic rings. The van der Waals surface area contributed by atoms with E-state index in [1.807, 2.05) is 25.5 Å². The van der Waals surface area contributed by atoms with E-state index in [-0.39, 0.29) is 0 Å². The van der Waals surface area contributed by atoms with Crippen molar-refractivity contribution in [1.82, 2.24) is 9.78 Å². The Balaban J connectivity index is 2.14. The van der Waals surface area contributed by atoms with Gasteiger partial charge in [-0.2, -0.15) is 5.10 Å². The standard InChI is InChI=1S/C9H11N3O/c1-12-6-7(5-11-12)4-8-2-3-9(10)13-8/h2-3,5-6H,4,10H2,1H3. The molecule has 0 amide bonds. The maximum atomic E-state index is 5.45. The molecule has 0 aliphatic carbocycles. The summed E-state index contributed by atoms with van der Waals surface area (Å²) in [5, 5.41) is 4.06. The predicted octanol–water partition coefficient (Wildman–Crippen LogP) is 1.19. The van der Waals surface area contributed by atoms with Crippen molar-refractivity contribution >= 4 is 5.88 Å². The number of nitrogens with two attached hydrogens (primary N) is 1. The van der Waals surface area contributed by atoms with Gasteiger partial charge in [0.2, 0.25) is 0 Å². The van der Waals surface area contributed by atoms with Gasteiger partial charge in [0.25, 0.3) is 0 Å². The molecule has 0 saturated carbocycles. The van der Waals surface area contributed by atoms with Gasteiger partial charge in [0.05, 0.1) is 6.20 Å². The van der Waals surface area contributed by atoms with Crippen molar-refractivity contribution < 1.29 is 4.42 Å². The lowest BCUT2D eigenvalue weighted by Gasteiger charge is -1.91. The van der Waals surface area contributed by atoms with Gasteiger partial charge in [-0.25, -0.2) is 0 Å². The highest BCUT2D eigenvalue weighted by Gasteiger charge is 2.02. The molecule has 4 nitrogen and oxygen atoms in total. The monoisotopic (exact) mass is 177 g/mol. The van der Waals surface area contributed by atoms with Crippen LogP contribution in [0.3, 0.4) is 0 Å². The molecule has 68 valence electrons. The fourth-order valence-corrected chi connectivity index (χ4v) is 1.25. The van der Waals surface area contributed by atoms with Crippen molar-refractivity contribution in [3.05, 3.63) is 35.9 Å².